The van der Waals surface area contributed by atoms with E-state index in [-0.39, 0.29) is 22.7 Å². The van der Waals surface area contributed by atoms with E-state index in [1.807, 2.05) is 30.3 Å². The molecule has 0 fully saturated rings. The molecule has 1 aromatic carbocycles. The molecule has 0 amide bonds. The fourth-order valence-electron chi connectivity index (χ4n) is 4.29. The molecule has 4 heterocycles. The smallest absolute Gasteiger partial charge is 0.297 e. The lowest BCUT2D eigenvalue weighted by molar-refractivity contribution is -0.0402. The van der Waals surface area contributed by atoms with E-state index >= 15 is 0 Å². The van der Waals surface area contributed by atoms with Gasteiger partial charge in [-0.1, -0.05) is 44.2 Å². The van der Waals surface area contributed by atoms with Gasteiger partial charge in [-0.25, -0.2) is 9.97 Å². The van der Waals surface area contributed by atoms with Crippen molar-refractivity contribution in [3.8, 4) is 0 Å². The van der Waals surface area contributed by atoms with Gasteiger partial charge in [0.25, 0.3) is 5.56 Å². The van der Waals surface area contributed by atoms with E-state index in [1.54, 1.807) is 10.9 Å². The topological polar surface area (TPSA) is 70.2 Å². The van der Waals surface area contributed by atoms with Crippen molar-refractivity contribution in [2.45, 2.75) is 58.8 Å². The van der Waals surface area contributed by atoms with Crippen LogP contribution in [0.2, 0.25) is 0 Å². The van der Waals surface area contributed by atoms with E-state index < -0.39 is 0 Å². The average Bonchev–Trinajstić information content (AvgIpc) is 3.09. The molecule has 0 saturated heterocycles. The maximum absolute atomic E-state index is 13.2. The lowest BCUT2D eigenvalue weighted by atomic mass is 9.87. The zero-order valence-corrected chi connectivity index (χ0v) is 17.7. The first-order valence-electron chi connectivity index (χ1n) is 10.4. The van der Waals surface area contributed by atoms with Gasteiger partial charge in [-0.2, -0.15) is 0 Å². The molecular weight excluding hydrogens is 378 g/mol. The average molecular weight is 403 g/mol. The number of hydrogen-bond acceptors (Lipinski definition) is 5. The quantitative estimate of drug-likeness (QED) is 0.501. The number of fused-ring (bicyclic) bond motifs is 5. The van der Waals surface area contributed by atoms with Gasteiger partial charge in [-0.3, -0.25) is 9.36 Å². The van der Waals surface area contributed by atoms with Crippen molar-refractivity contribution in [1.82, 2.24) is 14.5 Å². The van der Waals surface area contributed by atoms with Crippen LogP contribution in [0.1, 0.15) is 56.0 Å². The summed E-state index contributed by atoms with van der Waals surface area (Å²) in [4.78, 5) is 22.6. The van der Waals surface area contributed by atoms with Crippen LogP contribution in [-0.2, 0) is 24.3 Å². The van der Waals surface area contributed by atoms with Crippen molar-refractivity contribution in [3.05, 3.63) is 69.4 Å². The van der Waals surface area contributed by atoms with Gasteiger partial charge in [0.1, 0.15) is 5.52 Å². The summed E-state index contributed by atoms with van der Waals surface area (Å²) in [6.45, 7) is 9.35. The Morgan fingerprint density at radius 3 is 2.67 bits per heavy atom. The Kier molecular flexibility index (Phi) is 4.29. The number of hydrogen-bond donors (Lipinski definition) is 0. The predicted octanol–water partition coefficient (Wildman–Crippen LogP) is 4.56. The van der Waals surface area contributed by atoms with E-state index in [0.717, 1.165) is 34.2 Å². The molecule has 0 bridgehead atoms. The lowest BCUT2D eigenvalue weighted by Crippen LogP contribution is -2.33. The summed E-state index contributed by atoms with van der Waals surface area (Å²) >= 11 is 0. The molecule has 1 aliphatic heterocycles. The molecule has 0 unspecified atom stereocenters. The molecule has 30 heavy (non-hydrogen) atoms. The largest absolute Gasteiger partial charge is 0.430 e. The van der Waals surface area contributed by atoms with Gasteiger partial charge >= 0.3 is 0 Å². The summed E-state index contributed by atoms with van der Waals surface area (Å²) in [5.41, 5.74) is 5.13. The molecular formula is C24H25N3O3. The third kappa shape index (κ3) is 3.03. The van der Waals surface area contributed by atoms with Crippen molar-refractivity contribution < 1.29 is 9.15 Å². The Hall–Kier alpha value is -2.99. The summed E-state index contributed by atoms with van der Waals surface area (Å²) in [6.07, 6.45) is 2.34. The maximum atomic E-state index is 13.2. The zero-order chi connectivity index (χ0) is 21.0. The molecule has 154 valence electrons. The van der Waals surface area contributed by atoms with Crippen LogP contribution in [0.5, 0.6) is 0 Å². The molecule has 0 atom stereocenters. The first kappa shape index (κ1) is 19.0. The van der Waals surface area contributed by atoms with Gasteiger partial charge in [0.15, 0.2) is 0 Å². The Morgan fingerprint density at radius 2 is 1.93 bits per heavy atom. The molecule has 4 aromatic rings. The van der Waals surface area contributed by atoms with Crippen LogP contribution in [0.3, 0.4) is 0 Å². The number of aromatic nitrogens is 3. The Bertz CT molecular complexity index is 1320. The van der Waals surface area contributed by atoms with Gasteiger partial charge in [0.2, 0.25) is 11.3 Å². The molecule has 6 heteroatoms. The minimum atomic E-state index is -0.290. The van der Waals surface area contributed by atoms with Gasteiger partial charge in [0, 0.05) is 12.0 Å². The van der Waals surface area contributed by atoms with Crippen molar-refractivity contribution in [1.29, 1.82) is 0 Å². The highest BCUT2D eigenvalue weighted by Crippen LogP contribution is 2.39. The van der Waals surface area contributed by atoms with Crippen LogP contribution in [-0.4, -0.2) is 20.1 Å². The van der Waals surface area contributed by atoms with Crippen molar-refractivity contribution in [2.24, 2.45) is 0 Å². The standard InChI is InChI=1S/C24H25N3O3/c1-14(2)19-17-12-29-24(3,4)10-16(17)18-20-21(30-22(18)26-19)23(28)27(13-25-20)11-15-8-6-5-7-9-15/h5-9,13-14H,10-12H2,1-4H3. The van der Waals surface area contributed by atoms with Gasteiger partial charge in [-0.05, 0) is 30.9 Å². The monoisotopic (exact) mass is 403 g/mol. The number of pyridine rings is 1. The van der Waals surface area contributed by atoms with E-state index in [4.69, 9.17) is 14.1 Å². The fourth-order valence-corrected chi connectivity index (χ4v) is 4.29. The van der Waals surface area contributed by atoms with Gasteiger partial charge < -0.3 is 9.15 Å². The second-order valence-corrected chi connectivity index (χ2v) is 8.96. The third-order valence-corrected chi connectivity index (χ3v) is 5.80. The highest BCUT2D eigenvalue weighted by atomic mass is 16.5. The zero-order valence-electron chi connectivity index (χ0n) is 17.7. The highest BCUT2D eigenvalue weighted by molar-refractivity contribution is 6.03. The molecule has 0 N–H and O–H groups in total. The molecule has 0 saturated carbocycles. The minimum absolute atomic E-state index is 0.187. The van der Waals surface area contributed by atoms with Crippen LogP contribution in [0, 0.1) is 0 Å². The molecule has 0 spiro atoms. The normalized spacial score (nSPS) is 15.8. The number of ether oxygens (including phenoxy) is 1. The SMILES string of the molecule is CC(C)c1nc2oc3c(=O)n(Cc4ccccc4)cnc3c2c2c1COC(C)(C)C2. The third-order valence-electron chi connectivity index (χ3n) is 5.80. The fraction of sp³-hybridized carbons (Fsp3) is 0.375. The van der Waals surface area contributed by atoms with Crippen LogP contribution in [0.15, 0.2) is 45.9 Å². The summed E-state index contributed by atoms with van der Waals surface area (Å²) in [6, 6.07) is 9.86. The Morgan fingerprint density at radius 1 is 1.17 bits per heavy atom. The number of benzene rings is 1. The van der Waals surface area contributed by atoms with Crippen LogP contribution in [0.25, 0.3) is 22.2 Å². The summed E-state index contributed by atoms with van der Waals surface area (Å²) in [5, 5.41) is 0.852. The van der Waals surface area contributed by atoms with Crippen molar-refractivity contribution in [3.63, 3.8) is 0 Å². The Balaban J connectivity index is 1.75. The summed E-state index contributed by atoms with van der Waals surface area (Å²) in [7, 11) is 0. The first-order valence-corrected chi connectivity index (χ1v) is 10.4. The van der Waals surface area contributed by atoms with Gasteiger partial charge in [-0.15, -0.1) is 0 Å². The van der Waals surface area contributed by atoms with Crippen LogP contribution in [0.4, 0.5) is 0 Å². The summed E-state index contributed by atoms with van der Waals surface area (Å²) in [5.74, 6) is 0.226. The highest BCUT2D eigenvalue weighted by Gasteiger charge is 2.32. The maximum Gasteiger partial charge on any atom is 0.297 e. The van der Waals surface area contributed by atoms with Crippen LogP contribution >= 0.6 is 0 Å². The van der Waals surface area contributed by atoms with Gasteiger partial charge in [0.05, 0.1) is 36.2 Å². The molecule has 0 radical (unpaired) electrons. The van der Waals surface area contributed by atoms with E-state index in [1.165, 1.54) is 0 Å². The molecule has 1 aliphatic rings. The molecule has 5 rings (SSSR count). The molecule has 0 aliphatic carbocycles. The van der Waals surface area contributed by atoms with E-state index in [2.05, 4.69) is 32.7 Å². The van der Waals surface area contributed by atoms with Crippen molar-refractivity contribution in [2.75, 3.05) is 0 Å². The predicted molar refractivity (Wildman–Crippen MR) is 116 cm³/mol. The molecule has 6 nitrogen and oxygen atoms in total. The molecule has 3 aromatic heterocycles. The summed E-state index contributed by atoms with van der Waals surface area (Å²) < 4.78 is 13.7. The van der Waals surface area contributed by atoms with Crippen LogP contribution < -0.4 is 5.56 Å². The Labute approximate surface area is 174 Å². The van der Waals surface area contributed by atoms with E-state index in [9.17, 15) is 4.79 Å². The second-order valence-electron chi connectivity index (χ2n) is 8.96. The van der Waals surface area contributed by atoms with Crippen molar-refractivity contribution >= 4 is 22.2 Å². The van der Waals surface area contributed by atoms with E-state index in [0.29, 0.717) is 24.4 Å². The number of rotatable bonds is 3. The number of nitrogens with zero attached hydrogens (tertiary/aromatic N) is 3. The number of furan rings is 1. The lowest BCUT2D eigenvalue weighted by Gasteiger charge is -2.33. The minimum Gasteiger partial charge on any atom is -0.430 e. The first-order chi connectivity index (χ1) is 14.3. The second kappa shape index (κ2) is 6.77.